The lowest BCUT2D eigenvalue weighted by Crippen LogP contribution is -2.52. The van der Waals surface area contributed by atoms with E-state index in [1.807, 2.05) is 0 Å². The molecule has 0 aromatic heterocycles. The van der Waals surface area contributed by atoms with Crippen molar-refractivity contribution in [3.8, 4) is 0 Å². The largest absolute Gasteiger partial charge is 0.330 e. The average molecular weight is 322 g/mol. The van der Waals surface area contributed by atoms with E-state index in [2.05, 4.69) is 73.3 Å². The van der Waals surface area contributed by atoms with E-state index >= 15 is 0 Å². The van der Waals surface area contributed by atoms with E-state index in [-0.39, 0.29) is 5.54 Å². The van der Waals surface area contributed by atoms with Crippen LogP contribution in [0.15, 0.2) is 54.6 Å². The van der Waals surface area contributed by atoms with Gasteiger partial charge in [0.1, 0.15) is 0 Å². The van der Waals surface area contributed by atoms with Crippen molar-refractivity contribution in [2.75, 3.05) is 19.6 Å². The Hall–Kier alpha value is -1.64. The first-order valence-electron chi connectivity index (χ1n) is 9.24. The van der Waals surface area contributed by atoms with Crippen LogP contribution in [-0.2, 0) is 5.54 Å². The van der Waals surface area contributed by atoms with Gasteiger partial charge in [-0.05, 0) is 56.3 Å². The maximum atomic E-state index is 5.83. The van der Waals surface area contributed by atoms with Crippen molar-refractivity contribution in [2.24, 2.45) is 11.7 Å². The molecule has 2 aromatic rings. The van der Waals surface area contributed by atoms with Crippen LogP contribution in [-0.4, -0.2) is 24.5 Å². The van der Waals surface area contributed by atoms with Crippen LogP contribution in [0.3, 0.4) is 0 Å². The molecular formula is C22H30N2. The van der Waals surface area contributed by atoms with E-state index in [4.69, 9.17) is 5.73 Å². The fraction of sp³-hybridized carbons (Fsp3) is 0.455. The third-order valence-corrected chi connectivity index (χ3v) is 5.49. The molecule has 2 heteroatoms. The zero-order valence-electron chi connectivity index (χ0n) is 15.0. The Morgan fingerprint density at radius 2 is 1.71 bits per heavy atom. The summed E-state index contributed by atoms with van der Waals surface area (Å²) in [6.07, 6.45) is 3.49. The summed E-state index contributed by atoms with van der Waals surface area (Å²) < 4.78 is 0. The number of piperidine rings is 1. The third kappa shape index (κ3) is 3.26. The highest BCUT2D eigenvalue weighted by atomic mass is 15.2. The Bertz CT molecular complexity index is 633. The van der Waals surface area contributed by atoms with Gasteiger partial charge in [0.05, 0.1) is 5.54 Å². The van der Waals surface area contributed by atoms with Crippen LogP contribution in [0.1, 0.15) is 42.9 Å². The van der Waals surface area contributed by atoms with Crippen LogP contribution in [0.4, 0.5) is 0 Å². The summed E-state index contributed by atoms with van der Waals surface area (Å²) in [5.74, 6) is 0.723. The lowest BCUT2D eigenvalue weighted by molar-refractivity contribution is 0.0510. The number of rotatable bonds is 5. The summed E-state index contributed by atoms with van der Waals surface area (Å²) in [6.45, 7) is 7.52. The molecule has 2 N–H and O–H groups in total. The predicted molar refractivity (Wildman–Crippen MR) is 102 cm³/mol. The molecule has 2 nitrogen and oxygen atoms in total. The van der Waals surface area contributed by atoms with Crippen LogP contribution in [0.25, 0.3) is 0 Å². The first kappa shape index (κ1) is 17.2. The molecule has 24 heavy (non-hydrogen) atoms. The molecule has 0 saturated carbocycles. The minimum absolute atomic E-state index is 0.0260. The lowest BCUT2D eigenvalue weighted by atomic mass is 9.71. The van der Waals surface area contributed by atoms with Crippen LogP contribution in [0.5, 0.6) is 0 Å². The molecule has 1 aliphatic heterocycles. The number of aryl methyl sites for hydroxylation is 1. The molecular weight excluding hydrogens is 292 g/mol. The van der Waals surface area contributed by atoms with Gasteiger partial charge in [-0.2, -0.15) is 0 Å². The predicted octanol–water partition coefficient (Wildman–Crippen LogP) is 4.32. The van der Waals surface area contributed by atoms with Crippen LogP contribution in [0, 0.1) is 12.8 Å². The van der Waals surface area contributed by atoms with E-state index in [1.165, 1.54) is 29.5 Å². The number of hydrogen-bond donors (Lipinski definition) is 1. The van der Waals surface area contributed by atoms with Crippen molar-refractivity contribution in [1.82, 2.24) is 4.90 Å². The number of hydrogen-bond acceptors (Lipinski definition) is 2. The molecule has 0 aliphatic carbocycles. The summed E-state index contributed by atoms with van der Waals surface area (Å²) >= 11 is 0. The van der Waals surface area contributed by atoms with E-state index in [1.54, 1.807) is 0 Å². The van der Waals surface area contributed by atoms with Crippen LogP contribution < -0.4 is 5.73 Å². The zero-order valence-corrected chi connectivity index (χ0v) is 15.0. The topological polar surface area (TPSA) is 29.3 Å². The molecule has 2 atom stereocenters. The Morgan fingerprint density at radius 3 is 2.38 bits per heavy atom. The maximum Gasteiger partial charge on any atom is 0.0718 e. The summed E-state index contributed by atoms with van der Waals surface area (Å²) in [5, 5.41) is 0. The van der Waals surface area contributed by atoms with Crippen molar-refractivity contribution in [1.29, 1.82) is 0 Å². The van der Waals surface area contributed by atoms with Gasteiger partial charge < -0.3 is 5.73 Å². The van der Waals surface area contributed by atoms with Gasteiger partial charge in [-0.25, -0.2) is 0 Å². The van der Waals surface area contributed by atoms with E-state index in [0.717, 1.165) is 32.0 Å². The SMILES string of the molecule is Cc1ccc(C2(c3ccccc3)CC(C)CCN2CCCN)cc1. The molecule has 0 bridgehead atoms. The molecule has 3 rings (SSSR count). The fourth-order valence-electron chi connectivity index (χ4n) is 4.20. The van der Waals surface area contributed by atoms with E-state index < -0.39 is 0 Å². The molecule has 1 fully saturated rings. The minimum Gasteiger partial charge on any atom is -0.330 e. The van der Waals surface area contributed by atoms with Gasteiger partial charge in [-0.15, -0.1) is 0 Å². The number of likely N-dealkylation sites (tertiary alicyclic amines) is 1. The van der Waals surface area contributed by atoms with Gasteiger partial charge in [-0.3, -0.25) is 4.90 Å². The second-order valence-electron chi connectivity index (χ2n) is 7.32. The van der Waals surface area contributed by atoms with Gasteiger partial charge in [0, 0.05) is 6.54 Å². The highest BCUT2D eigenvalue weighted by Gasteiger charge is 2.43. The molecule has 128 valence electrons. The highest BCUT2D eigenvalue weighted by molar-refractivity contribution is 5.40. The van der Waals surface area contributed by atoms with Gasteiger partial charge in [0.2, 0.25) is 0 Å². The molecule has 2 aromatic carbocycles. The van der Waals surface area contributed by atoms with Gasteiger partial charge in [0.15, 0.2) is 0 Å². The molecule has 1 heterocycles. The molecule has 0 spiro atoms. The van der Waals surface area contributed by atoms with E-state index in [0.29, 0.717) is 0 Å². The second-order valence-corrected chi connectivity index (χ2v) is 7.32. The number of benzene rings is 2. The maximum absolute atomic E-state index is 5.83. The van der Waals surface area contributed by atoms with Gasteiger partial charge in [0.25, 0.3) is 0 Å². The fourth-order valence-corrected chi connectivity index (χ4v) is 4.20. The minimum atomic E-state index is -0.0260. The molecule has 1 aliphatic rings. The molecule has 1 saturated heterocycles. The van der Waals surface area contributed by atoms with Gasteiger partial charge in [-0.1, -0.05) is 67.1 Å². The Labute approximate surface area is 146 Å². The summed E-state index contributed by atoms with van der Waals surface area (Å²) in [5.41, 5.74) is 9.96. The van der Waals surface area contributed by atoms with Crippen LogP contribution in [0.2, 0.25) is 0 Å². The first-order valence-corrected chi connectivity index (χ1v) is 9.24. The van der Waals surface area contributed by atoms with Crippen molar-refractivity contribution >= 4 is 0 Å². The Morgan fingerprint density at radius 1 is 1.04 bits per heavy atom. The quantitative estimate of drug-likeness (QED) is 0.888. The zero-order chi connectivity index (χ0) is 17.0. The normalized spacial score (nSPS) is 24.9. The monoisotopic (exact) mass is 322 g/mol. The third-order valence-electron chi connectivity index (χ3n) is 5.49. The number of nitrogens with zero attached hydrogens (tertiary/aromatic N) is 1. The highest BCUT2D eigenvalue weighted by Crippen LogP contribution is 2.45. The van der Waals surface area contributed by atoms with Crippen LogP contribution >= 0.6 is 0 Å². The van der Waals surface area contributed by atoms with Crippen molar-refractivity contribution < 1.29 is 0 Å². The summed E-state index contributed by atoms with van der Waals surface area (Å²) in [7, 11) is 0. The number of nitrogens with two attached hydrogens (primary N) is 1. The molecule has 2 unspecified atom stereocenters. The first-order chi connectivity index (χ1) is 11.7. The smallest absolute Gasteiger partial charge is 0.0718 e. The van der Waals surface area contributed by atoms with Crippen molar-refractivity contribution in [2.45, 2.75) is 38.6 Å². The standard InChI is InChI=1S/C22H30N2/c1-18-9-11-21(12-10-18)22(20-7-4-3-5-8-20)17-19(2)13-16-24(22)15-6-14-23/h3-5,7-12,19H,6,13-17,23H2,1-2H3. The second kappa shape index (κ2) is 7.50. The van der Waals surface area contributed by atoms with E-state index in [9.17, 15) is 0 Å². The molecule has 0 radical (unpaired) electrons. The Balaban J connectivity index is 2.13. The van der Waals surface area contributed by atoms with Gasteiger partial charge >= 0.3 is 0 Å². The summed E-state index contributed by atoms with van der Waals surface area (Å²) in [4.78, 5) is 2.68. The summed E-state index contributed by atoms with van der Waals surface area (Å²) in [6, 6.07) is 20.2. The van der Waals surface area contributed by atoms with Crippen molar-refractivity contribution in [3.05, 3.63) is 71.3 Å². The molecule has 0 amide bonds. The van der Waals surface area contributed by atoms with Crippen molar-refractivity contribution in [3.63, 3.8) is 0 Å². The Kier molecular flexibility index (Phi) is 5.37. The average Bonchev–Trinajstić information content (AvgIpc) is 2.62. The lowest BCUT2D eigenvalue weighted by Gasteiger charge is -2.50.